The summed E-state index contributed by atoms with van der Waals surface area (Å²) in [7, 11) is 0. The van der Waals surface area contributed by atoms with Crippen LogP contribution in [0.1, 0.15) is 53.9 Å². The van der Waals surface area contributed by atoms with Gasteiger partial charge in [0.25, 0.3) is 0 Å². The molecule has 0 aromatic carbocycles. The molecular formula is C13H24O2. The van der Waals surface area contributed by atoms with Crippen LogP contribution in [0.2, 0.25) is 0 Å². The van der Waals surface area contributed by atoms with Gasteiger partial charge in [0, 0.05) is 0 Å². The molecule has 1 rings (SSSR count). The second-order valence-electron chi connectivity index (χ2n) is 6.13. The molecule has 2 heteroatoms. The molecule has 0 radical (unpaired) electrons. The second-order valence-corrected chi connectivity index (χ2v) is 6.13. The van der Waals surface area contributed by atoms with E-state index in [0.717, 1.165) is 12.8 Å². The summed E-state index contributed by atoms with van der Waals surface area (Å²) in [4.78, 5) is 11.5. The van der Waals surface area contributed by atoms with E-state index >= 15 is 0 Å². The van der Waals surface area contributed by atoms with E-state index in [4.69, 9.17) is 4.74 Å². The third-order valence-corrected chi connectivity index (χ3v) is 3.10. The first kappa shape index (κ1) is 12.5. The molecule has 0 amide bonds. The Kier molecular flexibility index (Phi) is 3.80. The van der Waals surface area contributed by atoms with Gasteiger partial charge in [0.05, 0.1) is 5.92 Å². The number of hydrogen-bond donors (Lipinski definition) is 0. The quantitative estimate of drug-likeness (QED) is 0.656. The van der Waals surface area contributed by atoms with E-state index in [1.807, 2.05) is 13.8 Å². The third kappa shape index (κ3) is 3.84. The summed E-state index contributed by atoms with van der Waals surface area (Å²) >= 11 is 0. The summed E-state index contributed by atoms with van der Waals surface area (Å²) in [6.07, 6.45) is 3.42. The van der Waals surface area contributed by atoms with E-state index in [1.54, 1.807) is 0 Å². The van der Waals surface area contributed by atoms with Crippen molar-refractivity contribution in [3.63, 3.8) is 0 Å². The molecule has 1 aliphatic carbocycles. The van der Waals surface area contributed by atoms with Crippen molar-refractivity contribution in [2.75, 3.05) is 0 Å². The monoisotopic (exact) mass is 212 g/mol. The van der Waals surface area contributed by atoms with E-state index in [-0.39, 0.29) is 18.0 Å². The zero-order chi connectivity index (χ0) is 11.6. The van der Waals surface area contributed by atoms with Gasteiger partial charge < -0.3 is 4.74 Å². The summed E-state index contributed by atoms with van der Waals surface area (Å²) in [6, 6.07) is 0. The Morgan fingerprint density at radius 1 is 1.33 bits per heavy atom. The minimum atomic E-state index is -0.0510. The van der Waals surface area contributed by atoms with E-state index < -0.39 is 0 Å². The molecule has 2 nitrogen and oxygen atoms in total. The van der Waals surface area contributed by atoms with Gasteiger partial charge in [-0.2, -0.15) is 0 Å². The van der Waals surface area contributed by atoms with Crippen LogP contribution in [0.15, 0.2) is 0 Å². The maximum Gasteiger partial charge on any atom is 0.308 e. The molecule has 2 atom stereocenters. The van der Waals surface area contributed by atoms with Crippen molar-refractivity contribution in [2.45, 2.75) is 60.0 Å². The second kappa shape index (κ2) is 4.54. The van der Waals surface area contributed by atoms with Gasteiger partial charge in [-0.3, -0.25) is 4.79 Å². The van der Waals surface area contributed by atoms with Gasteiger partial charge in [-0.15, -0.1) is 0 Å². The lowest BCUT2D eigenvalue weighted by Gasteiger charge is -2.38. The molecule has 0 bridgehead atoms. The van der Waals surface area contributed by atoms with E-state index in [9.17, 15) is 4.79 Å². The van der Waals surface area contributed by atoms with Crippen LogP contribution in [-0.2, 0) is 9.53 Å². The molecule has 1 aliphatic rings. The van der Waals surface area contributed by atoms with Crippen LogP contribution in [0.4, 0.5) is 0 Å². The number of rotatable bonds is 2. The average Bonchev–Trinajstić information content (AvgIpc) is 1.99. The summed E-state index contributed by atoms with van der Waals surface area (Å²) in [6.45, 7) is 10.5. The van der Waals surface area contributed by atoms with Crippen LogP contribution in [0, 0.1) is 17.3 Å². The van der Waals surface area contributed by atoms with E-state index in [1.165, 1.54) is 6.42 Å². The van der Waals surface area contributed by atoms with Gasteiger partial charge in [-0.25, -0.2) is 0 Å². The molecule has 0 aromatic heterocycles. The molecular weight excluding hydrogens is 188 g/mol. The Bertz CT molecular complexity index is 231. The highest BCUT2D eigenvalue weighted by Crippen LogP contribution is 2.39. The molecule has 0 aromatic rings. The minimum Gasteiger partial charge on any atom is -0.462 e. The fraction of sp³-hybridized carbons (Fsp3) is 0.923. The van der Waals surface area contributed by atoms with Gasteiger partial charge in [-0.05, 0) is 30.6 Å². The van der Waals surface area contributed by atoms with Crippen LogP contribution in [-0.4, -0.2) is 12.1 Å². The van der Waals surface area contributed by atoms with Gasteiger partial charge in [0.15, 0.2) is 0 Å². The number of ether oxygens (including phenoxy) is 1. The zero-order valence-electron chi connectivity index (χ0n) is 10.7. The summed E-state index contributed by atoms with van der Waals surface area (Å²) in [5.74, 6) is 0.606. The van der Waals surface area contributed by atoms with Crippen molar-refractivity contribution < 1.29 is 9.53 Å². The van der Waals surface area contributed by atoms with Crippen molar-refractivity contribution in [1.29, 1.82) is 0 Å². The highest BCUT2D eigenvalue weighted by molar-refractivity contribution is 5.71. The Morgan fingerprint density at radius 3 is 2.40 bits per heavy atom. The molecule has 0 unspecified atom stereocenters. The third-order valence-electron chi connectivity index (χ3n) is 3.10. The first-order valence-electron chi connectivity index (χ1n) is 6.00. The molecule has 88 valence electrons. The highest BCUT2D eigenvalue weighted by atomic mass is 16.5. The molecule has 1 saturated carbocycles. The number of carbonyl (C=O) groups is 1. The number of hydrogen-bond acceptors (Lipinski definition) is 2. The maximum absolute atomic E-state index is 11.5. The molecule has 0 heterocycles. The molecule has 1 fully saturated rings. The average molecular weight is 212 g/mol. The van der Waals surface area contributed by atoms with Crippen molar-refractivity contribution in [3.05, 3.63) is 0 Å². The zero-order valence-corrected chi connectivity index (χ0v) is 10.7. The minimum absolute atomic E-state index is 0.00894. The van der Waals surface area contributed by atoms with Gasteiger partial charge in [0.2, 0.25) is 0 Å². The lowest BCUT2D eigenvalue weighted by Crippen LogP contribution is -2.34. The van der Waals surface area contributed by atoms with Crippen molar-refractivity contribution >= 4 is 5.97 Å². The topological polar surface area (TPSA) is 26.3 Å². The molecule has 0 N–H and O–H groups in total. The van der Waals surface area contributed by atoms with Gasteiger partial charge >= 0.3 is 5.97 Å². The SMILES string of the molecule is CC(C)C(=O)O[C@@H]1C[C@H](C)CC(C)(C)C1. The molecule has 15 heavy (non-hydrogen) atoms. The summed E-state index contributed by atoms with van der Waals surface area (Å²) < 4.78 is 5.52. The Balaban J connectivity index is 2.52. The number of carbonyl (C=O) groups excluding carboxylic acids is 1. The fourth-order valence-corrected chi connectivity index (χ4v) is 2.65. The maximum atomic E-state index is 11.5. The van der Waals surface area contributed by atoms with Gasteiger partial charge in [-0.1, -0.05) is 34.6 Å². The van der Waals surface area contributed by atoms with Crippen LogP contribution in [0.5, 0.6) is 0 Å². The van der Waals surface area contributed by atoms with Crippen LogP contribution in [0.3, 0.4) is 0 Å². The van der Waals surface area contributed by atoms with E-state index in [2.05, 4.69) is 20.8 Å². The van der Waals surface area contributed by atoms with Crippen LogP contribution < -0.4 is 0 Å². The normalized spacial score (nSPS) is 30.3. The predicted molar refractivity (Wildman–Crippen MR) is 61.5 cm³/mol. The van der Waals surface area contributed by atoms with Crippen molar-refractivity contribution in [1.82, 2.24) is 0 Å². The molecule has 0 aliphatic heterocycles. The first-order chi connectivity index (χ1) is 6.80. The molecule has 0 saturated heterocycles. The lowest BCUT2D eigenvalue weighted by atomic mass is 9.71. The Labute approximate surface area is 93.4 Å². The Hall–Kier alpha value is -0.530. The van der Waals surface area contributed by atoms with E-state index in [0.29, 0.717) is 11.3 Å². The predicted octanol–water partition coefficient (Wildman–Crippen LogP) is 3.40. The first-order valence-corrected chi connectivity index (χ1v) is 6.00. The number of esters is 1. The van der Waals surface area contributed by atoms with Crippen LogP contribution >= 0.6 is 0 Å². The largest absolute Gasteiger partial charge is 0.462 e. The van der Waals surface area contributed by atoms with Crippen LogP contribution in [0.25, 0.3) is 0 Å². The van der Waals surface area contributed by atoms with Crippen molar-refractivity contribution in [3.8, 4) is 0 Å². The fourth-order valence-electron chi connectivity index (χ4n) is 2.65. The van der Waals surface area contributed by atoms with Crippen molar-refractivity contribution in [2.24, 2.45) is 17.3 Å². The summed E-state index contributed by atoms with van der Waals surface area (Å²) in [5.41, 5.74) is 0.319. The molecule has 0 spiro atoms. The highest BCUT2D eigenvalue weighted by Gasteiger charge is 2.34. The smallest absolute Gasteiger partial charge is 0.308 e. The standard InChI is InChI=1S/C13H24O2/c1-9(2)12(14)15-11-6-10(3)7-13(4,5)8-11/h9-11H,6-8H2,1-5H3/t10-,11+/m0/s1. The van der Waals surface area contributed by atoms with Gasteiger partial charge in [0.1, 0.15) is 6.10 Å². The lowest BCUT2D eigenvalue weighted by molar-refractivity contribution is -0.157. The Morgan fingerprint density at radius 2 is 1.93 bits per heavy atom. The summed E-state index contributed by atoms with van der Waals surface area (Å²) in [5, 5.41) is 0.